The third-order valence-electron chi connectivity index (χ3n) is 5.14. The Kier molecular flexibility index (Phi) is 8.15. The van der Waals surface area contributed by atoms with Crippen molar-refractivity contribution in [3.8, 4) is 11.1 Å². The Labute approximate surface area is 189 Å². The van der Waals surface area contributed by atoms with Gasteiger partial charge >= 0.3 is 26.2 Å². The van der Waals surface area contributed by atoms with Gasteiger partial charge in [0, 0.05) is 0 Å². The molecule has 0 spiro atoms. The van der Waals surface area contributed by atoms with Crippen molar-refractivity contribution in [2.45, 2.75) is 45.4 Å². The average Bonchev–Trinajstić information content (AvgIpc) is 3.13. The van der Waals surface area contributed by atoms with Crippen molar-refractivity contribution in [1.29, 1.82) is 0 Å². The third kappa shape index (κ3) is 4.27. The second-order valence-corrected chi connectivity index (χ2v) is 7.84. The Hall–Kier alpha value is -0.617. The van der Waals surface area contributed by atoms with Crippen molar-refractivity contribution in [1.82, 2.24) is 0 Å². The Bertz CT molecular complexity index is 842. The molecule has 4 rings (SSSR count). The molecule has 0 fully saturated rings. The SMILES string of the molecule is CC(C)(C)c1ccc(CC2=CC=CC2)c2c1-c1ccccc1C2.[Cl-].[Cl-].[Zr+2]. The molecule has 0 aliphatic heterocycles. The number of halogens is 2. The van der Waals surface area contributed by atoms with Gasteiger partial charge in [-0.05, 0) is 58.1 Å². The zero-order chi connectivity index (χ0) is 16.0. The fourth-order valence-corrected chi connectivity index (χ4v) is 3.97. The summed E-state index contributed by atoms with van der Waals surface area (Å²) in [7, 11) is 0. The van der Waals surface area contributed by atoms with E-state index in [1.165, 1.54) is 33.4 Å². The van der Waals surface area contributed by atoms with Crippen LogP contribution in [-0.4, -0.2) is 0 Å². The van der Waals surface area contributed by atoms with Crippen LogP contribution in [0.2, 0.25) is 0 Å². The third-order valence-corrected chi connectivity index (χ3v) is 5.14. The summed E-state index contributed by atoms with van der Waals surface area (Å²) in [4.78, 5) is 0. The summed E-state index contributed by atoms with van der Waals surface area (Å²) >= 11 is 0. The molecule has 0 amide bonds. The first-order valence-electron chi connectivity index (χ1n) is 8.62. The Morgan fingerprint density at radius 1 is 0.962 bits per heavy atom. The zero-order valence-electron chi connectivity index (χ0n) is 15.6. The van der Waals surface area contributed by atoms with Gasteiger partial charge in [-0.2, -0.15) is 0 Å². The van der Waals surface area contributed by atoms with Gasteiger partial charge in [-0.25, -0.2) is 0 Å². The minimum Gasteiger partial charge on any atom is -1.00 e. The van der Waals surface area contributed by atoms with Gasteiger partial charge in [0.1, 0.15) is 0 Å². The number of allylic oxidation sites excluding steroid dienone is 4. The maximum absolute atomic E-state index is 2.38. The van der Waals surface area contributed by atoms with Crippen LogP contribution in [0.1, 0.15) is 49.4 Å². The molecule has 134 valence electrons. The molecule has 0 nitrogen and oxygen atoms in total. The van der Waals surface area contributed by atoms with Crippen molar-refractivity contribution in [2.24, 2.45) is 0 Å². The predicted molar refractivity (Wildman–Crippen MR) is 98.9 cm³/mol. The summed E-state index contributed by atoms with van der Waals surface area (Å²) in [6.07, 6.45) is 10.0. The second-order valence-electron chi connectivity index (χ2n) is 7.84. The van der Waals surface area contributed by atoms with Gasteiger partial charge in [-0.15, -0.1) is 0 Å². The van der Waals surface area contributed by atoms with Crippen molar-refractivity contribution in [2.75, 3.05) is 0 Å². The molecule has 0 atom stereocenters. The van der Waals surface area contributed by atoms with Crippen LogP contribution in [0.15, 0.2) is 60.2 Å². The molecule has 0 radical (unpaired) electrons. The number of rotatable bonds is 2. The molecule has 2 aromatic rings. The van der Waals surface area contributed by atoms with Gasteiger partial charge < -0.3 is 24.8 Å². The fraction of sp³-hybridized carbons (Fsp3) is 0.304. The topological polar surface area (TPSA) is 0 Å². The summed E-state index contributed by atoms with van der Waals surface area (Å²) in [6, 6.07) is 13.7. The largest absolute Gasteiger partial charge is 2.00 e. The monoisotopic (exact) mass is 460 g/mol. The Morgan fingerprint density at radius 3 is 2.35 bits per heavy atom. The molecular weight excluding hydrogens is 438 g/mol. The van der Waals surface area contributed by atoms with Gasteiger partial charge in [0.2, 0.25) is 0 Å². The van der Waals surface area contributed by atoms with Crippen molar-refractivity contribution >= 4 is 0 Å². The fourth-order valence-electron chi connectivity index (χ4n) is 3.97. The number of fused-ring (bicyclic) bond motifs is 3. The van der Waals surface area contributed by atoms with Gasteiger partial charge in [-0.1, -0.05) is 81.0 Å². The molecule has 0 unspecified atom stereocenters. The number of hydrogen-bond acceptors (Lipinski definition) is 0. The van der Waals surface area contributed by atoms with E-state index < -0.39 is 0 Å². The van der Waals surface area contributed by atoms with Crippen LogP contribution < -0.4 is 24.8 Å². The number of hydrogen-bond donors (Lipinski definition) is 0. The molecule has 0 N–H and O–H groups in total. The van der Waals surface area contributed by atoms with Crippen LogP contribution >= 0.6 is 0 Å². The summed E-state index contributed by atoms with van der Waals surface area (Å²) in [5.41, 5.74) is 10.7. The minimum atomic E-state index is 0. The Balaban J connectivity index is 0.00000113. The van der Waals surface area contributed by atoms with Gasteiger partial charge in [0.05, 0.1) is 0 Å². The van der Waals surface area contributed by atoms with E-state index in [0.717, 1.165) is 19.3 Å². The maximum atomic E-state index is 2.38. The molecule has 2 aliphatic carbocycles. The molecule has 2 aliphatic rings. The second kappa shape index (κ2) is 9.05. The van der Waals surface area contributed by atoms with E-state index in [0.29, 0.717) is 0 Å². The molecule has 2 aromatic carbocycles. The van der Waals surface area contributed by atoms with E-state index in [9.17, 15) is 0 Å². The van der Waals surface area contributed by atoms with Crippen molar-refractivity contribution in [3.63, 3.8) is 0 Å². The predicted octanol–water partition coefficient (Wildman–Crippen LogP) is -0.0104. The van der Waals surface area contributed by atoms with Crippen LogP contribution in [0.3, 0.4) is 0 Å². The van der Waals surface area contributed by atoms with Crippen LogP contribution in [-0.2, 0) is 44.5 Å². The van der Waals surface area contributed by atoms with E-state index in [1.54, 1.807) is 5.56 Å². The smallest absolute Gasteiger partial charge is 1.00 e. The molecule has 0 bridgehead atoms. The van der Waals surface area contributed by atoms with Gasteiger partial charge in [-0.3, -0.25) is 0 Å². The van der Waals surface area contributed by atoms with Crippen LogP contribution in [0.5, 0.6) is 0 Å². The van der Waals surface area contributed by atoms with Gasteiger partial charge in [0.25, 0.3) is 0 Å². The van der Waals surface area contributed by atoms with Crippen LogP contribution in [0, 0.1) is 0 Å². The maximum Gasteiger partial charge on any atom is 2.00 e. The summed E-state index contributed by atoms with van der Waals surface area (Å²) in [6.45, 7) is 6.98. The molecule has 3 heteroatoms. The van der Waals surface area contributed by atoms with Crippen LogP contribution in [0.4, 0.5) is 0 Å². The van der Waals surface area contributed by atoms with Crippen molar-refractivity contribution in [3.05, 3.63) is 82.5 Å². The first-order chi connectivity index (χ1) is 11.0. The summed E-state index contributed by atoms with van der Waals surface area (Å²) < 4.78 is 0. The number of benzene rings is 2. The molecule has 0 heterocycles. The molecule has 0 saturated carbocycles. The van der Waals surface area contributed by atoms with Gasteiger partial charge in [0.15, 0.2) is 0 Å². The van der Waals surface area contributed by atoms with E-state index in [-0.39, 0.29) is 56.4 Å². The summed E-state index contributed by atoms with van der Waals surface area (Å²) in [5, 5.41) is 0. The first-order valence-corrected chi connectivity index (χ1v) is 8.62. The van der Waals surface area contributed by atoms with E-state index in [1.807, 2.05) is 0 Å². The Morgan fingerprint density at radius 2 is 1.69 bits per heavy atom. The molecule has 0 saturated heterocycles. The average molecular weight is 463 g/mol. The van der Waals surface area contributed by atoms with Crippen molar-refractivity contribution < 1.29 is 51.0 Å². The van der Waals surface area contributed by atoms with E-state index in [2.05, 4.69) is 75.4 Å². The van der Waals surface area contributed by atoms with Crippen LogP contribution in [0.25, 0.3) is 11.1 Å². The first kappa shape index (κ1) is 23.4. The van der Waals surface area contributed by atoms with E-state index in [4.69, 9.17) is 0 Å². The zero-order valence-corrected chi connectivity index (χ0v) is 19.5. The summed E-state index contributed by atoms with van der Waals surface area (Å²) in [5.74, 6) is 0. The quantitative estimate of drug-likeness (QED) is 0.503. The molecule has 26 heavy (non-hydrogen) atoms. The molecule has 0 aromatic heterocycles. The molecular formula is C23H24Cl2Zr. The standard InChI is InChI=1S/C23H24.2ClH.Zr/c1-23(2,3)21-13-12-18(14-16-8-4-5-9-16)20-15-17-10-6-7-11-19(17)22(20)21;;;/h4-8,10-13H,9,14-15H2,1-3H3;2*1H;/q;;;+2/p-2. The van der Waals surface area contributed by atoms with E-state index >= 15 is 0 Å². The minimum absolute atomic E-state index is 0. The normalized spacial score (nSPS) is 13.7.